The Hall–Kier alpha value is -1.62. The lowest BCUT2D eigenvalue weighted by molar-refractivity contribution is 0.0462. The Morgan fingerprint density at radius 3 is 2.62 bits per heavy atom. The molecule has 2 saturated heterocycles. The number of phenolic OH excluding ortho intramolecular Hbond substituents is 1. The number of hydrogen-bond acceptors (Lipinski definition) is 3. The molecule has 114 valence electrons. The number of hydrogen-bond donors (Lipinski definition) is 2. The van der Waals surface area contributed by atoms with Gasteiger partial charge in [-0.1, -0.05) is 6.42 Å². The van der Waals surface area contributed by atoms with Crippen molar-refractivity contribution < 1.29 is 14.3 Å². The fourth-order valence-electron chi connectivity index (χ4n) is 3.69. The van der Waals surface area contributed by atoms with Gasteiger partial charge in [0, 0.05) is 24.2 Å². The number of benzene rings is 1. The normalized spacial score (nSPS) is 29.1. The maximum absolute atomic E-state index is 13.0. The number of fused-ring (bicyclic) bond motifs is 2. The summed E-state index contributed by atoms with van der Waals surface area (Å²) in [7, 11) is 2.17. The van der Waals surface area contributed by atoms with Crippen molar-refractivity contribution >= 4 is 5.91 Å². The van der Waals surface area contributed by atoms with Crippen LogP contribution in [0.3, 0.4) is 0 Å². The number of aromatic hydroxyl groups is 1. The smallest absolute Gasteiger partial charge is 0.255 e. The second-order valence-electron chi connectivity index (χ2n) is 6.21. The van der Waals surface area contributed by atoms with Gasteiger partial charge in [-0.3, -0.25) is 4.79 Å². The Morgan fingerprint density at radius 1 is 1.33 bits per heavy atom. The van der Waals surface area contributed by atoms with Gasteiger partial charge in [0.2, 0.25) is 0 Å². The van der Waals surface area contributed by atoms with Crippen molar-refractivity contribution in [1.29, 1.82) is 0 Å². The summed E-state index contributed by atoms with van der Waals surface area (Å²) in [5.74, 6) is -1.17. The van der Waals surface area contributed by atoms with Crippen LogP contribution in [0.25, 0.3) is 0 Å². The van der Waals surface area contributed by atoms with Crippen molar-refractivity contribution in [2.75, 3.05) is 7.05 Å². The molecule has 0 radical (unpaired) electrons. The molecule has 2 atom stereocenters. The molecule has 2 aliphatic rings. The van der Waals surface area contributed by atoms with E-state index in [0.29, 0.717) is 12.1 Å². The van der Waals surface area contributed by atoms with Crippen LogP contribution in [0.2, 0.25) is 0 Å². The fourth-order valence-corrected chi connectivity index (χ4v) is 3.69. The van der Waals surface area contributed by atoms with Gasteiger partial charge in [0.25, 0.3) is 5.91 Å². The van der Waals surface area contributed by atoms with Crippen LogP contribution in [-0.2, 0) is 0 Å². The van der Waals surface area contributed by atoms with E-state index < -0.39 is 5.82 Å². The molecule has 3 rings (SSSR count). The van der Waals surface area contributed by atoms with E-state index in [2.05, 4.69) is 17.3 Å². The average molecular weight is 292 g/mol. The summed E-state index contributed by atoms with van der Waals surface area (Å²) in [6.45, 7) is 0. The first-order valence-corrected chi connectivity index (χ1v) is 7.56. The van der Waals surface area contributed by atoms with E-state index in [0.717, 1.165) is 18.9 Å². The Balaban J connectivity index is 1.68. The first-order chi connectivity index (χ1) is 10.0. The molecule has 2 fully saturated rings. The Kier molecular flexibility index (Phi) is 3.85. The van der Waals surface area contributed by atoms with E-state index in [1.807, 2.05) is 0 Å². The van der Waals surface area contributed by atoms with Crippen LogP contribution in [0.4, 0.5) is 4.39 Å². The van der Waals surface area contributed by atoms with Crippen LogP contribution in [0, 0.1) is 5.82 Å². The number of piperidine rings is 2. The highest BCUT2D eigenvalue weighted by molar-refractivity contribution is 5.96. The van der Waals surface area contributed by atoms with Crippen LogP contribution in [0.1, 0.15) is 42.5 Å². The standard InChI is InChI=1S/C16H21FN2O2/c1-19-12-3-2-4-13(19)9-11(8-12)18-16(21)14-6-5-10(17)7-15(14)20/h5-7,11-13,20H,2-4,8-9H2,1H3,(H,18,21). The summed E-state index contributed by atoms with van der Waals surface area (Å²) in [6.07, 6.45) is 5.52. The predicted molar refractivity (Wildman–Crippen MR) is 77.7 cm³/mol. The van der Waals surface area contributed by atoms with E-state index in [1.54, 1.807) is 0 Å². The van der Waals surface area contributed by atoms with Gasteiger partial charge in [0.1, 0.15) is 11.6 Å². The molecular formula is C16H21FN2O2. The number of halogens is 1. The summed E-state index contributed by atoms with van der Waals surface area (Å²) < 4.78 is 13.0. The van der Waals surface area contributed by atoms with E-state index >= 15 is 0 Å². The molecule has 21 heavy (non-hydrogen) atoms. The lowest BCUT2D eigenvalue weighted by atomic mass is 9.82. The molecule has 0 aliphatic carbocycles. The predicted octanol–water partition coefficient (Wildman–Crippen LogP) is 2.28. The lowest BCUT2D eigenvalue weighted by Gasteiger charge is -2.47. The monoisotopic (exact) mass is 292 g/mol. The fraction of sp³-hybridized carbons (Fsp3) is 0.562. The van der Waals surface area contributed by atoms with Crippen LogP contribution in [-0.4, -0.2) is 41.1 Å². The van der Waals surface area contributed by atoms with Gasteiger partial charge in [-0.15, -0.1) is 0 Å². The molecular weight excluding hydrogens is 271 g/mol. The minimum absolute atomic E-state index is 0.133. The number of amides is 1. The molecule has 0 spiro atoms. The second kappa shape index (κ2) is 5.64. The Labute approximate surface area is 124 Å². The molecule has 4 nitrogen and oxygen atoms in total. The molecule has 1 amide bonds. The highest BCUT2D eigenvalue weighted by Crippen LogP contribution is 2.32. The molecule has 0 saturated carbocycles. The van der Waals surface area contributed by atoms with E-state index in [1.165, 1.54) is 31.4 Å². The van der Waals surface area contributed by atoms with Gasteiger partial charge < -0.3 is 15.3 Å². The summed E-state index contributed by atoms with van der Waals surface area (Å²) in [4.78, 5) is 14.7. The second-order valence-corrected chi connectivity index (χ2v) is 6.21. The number of nitrogens with one attached hydrogen (secondary N) is 1. The summed E-state index contributed by atoms with van der Waals surface area (Å²) in [5.41, 5.74) is 0.139. The minimum atomic E-state index is -0.544. The molecule has 0 aromatic heterocycles. The van der Waals surface area contributed by atoms with Gasteiger partial charge >= 0.3 is 0 Å². The first-order valence-electron chi connectivity index (χ1n) is 7.56. The van der Waals surface area contributed by atoms with E-state index in [4.69, 9.17) is 0 Å². The third-order valence-corrected chi connectivity index (χ3v) is 4.88. The number of carbonyl (C=O) groups excluding carboxylic acids is 1. The summed E-state index contributed by atoms with van der Waals surface area (Å²) >= 11 is 0. The van der Waals surface area contributed by atoms with Crippen molar-refractivity contribution in [3.05, 3.63) is 29.6 Å². The number of carbonyl (C=O) groups is 1. The third-order valence-electron chi connectivity index (χ3n) is 4.88. The maximum atomic E-state index is 13.0. The van der Waals surface area contributed by atoms with Crippen LogP contribution < -0.4 is 5.32 Å². The van der Waals surface area contributed by atoms with E-state index in [9.17, 15) is 14.3 Å². The zero-order chi connectivity index (χ0) is 15.0. The molecule has 2 unspecified atom stereocenters. The number of nitrogens with zero attached hydrogens (tertiary/aromatic N) is 1. The Morgan fingerprint density at radius 2 is 2.00 bits per heavy atom. The van der Waals surface area contributed by atoms with E-state index in [-0.39, 0.29) is 23.3 Å². The van der Waals surface area contributed by atoms with Crippen LogP contribution in [0.15, 0.2) is 18.2 Å². The van der Waals surface area contributed by atoms with Crippen LogP contribution in [0.5, 0.6) is 5.75 Å². The first kappa shape index (κ1) is 14.3. The quantitative estimate of drug-likeness (QED) is 0.879. The summed E-state index contributed by atoms with van der Waals surface area (Å²) in [6, 6.07) is 4.69. The molecule has 2 heterocycles. The topological polar surface area (TPSA) is 52.6 Å². The van der Waals surface area contributed by atoms with Crippen molar-refractivity contribution in [2.24, 2.45) is 0 Å². The molecule has 1 aromatic rings. The molecule has 1 aromatic carbocycles. The number of rotatable bonds is 2. The van der Waals surface area contributed by atoms with Gasteiger partial charge in [-0.05, 0) is 44.9 Å². The molecule has 2 N–H and O–H groups in total. The van der Waals surface area contributed by atoms with Gasteiger partial charge in [0.05, 0.1) is 5.56 Å². The molecule has 5 heteroatoms. The van der Waals surface area contributed by atoms with Gasteiger partial charge in [-0.25, -0.2) is 4.39 Å². The van der Waals surface area contributed by atoms with Crippen LogP contribution >= 0.6 is 0 Å². The zero-order valence-electron chi connectivity index (χ0n) is 12.2. The maximum Gasteiger partial charge on any atom is 0.255 e. The molecule has 2 aliphatic heterocycles. The largest absolute Gasteiger partial charge is 0.507 e. The number of phenols is 1. The highest BCUT2D eigenvalue weighted by atomic mass is 19.1. The third kappa shape index (κ3) is 2.88. The Bertz CT molecular complexity index is 535. The highest BCUT2D eigenvalue weighted by Gasteiger charge is 2.36. The molecule has 2 bridgehead atoms. The van der Waals surface area contributed by atoms with Gasteiger partial charge in [0.15, 0.2) is 0 Å². The van der Waals surface area contributed by atoms with Crippen molar-refractivity contribution in [3.8, 4) is 5.75 Å². The van der Waals surface area contributed by atoms with Crippen molar-refractivity contribution in [3.63, 3.8) is 0 Å². The minimum Gasteiger partial charge on any atom is -0.507 e. The van der Waals surface area contributed by atoms with Crippen molar-refractivity contribution in [1.82, 2.24) is 10.2 Å². The zero-order valence-corrected chi connectivity index (χ0v) is 12.2. The lowest BCUT2D eigenvalue weighted by Crippen LogP contribution is -2.55. The SMILES string of the molecule is CN1C2CCCC1CC(NC(=O)c1ccc(F)cc1O)C2. The van der Waals surface area contributed by atoms with Gasteiger partial charge in [-0.2, -0.15) is 0 Å². The van der Waals surface area contributed by atoms with Crippen molar-refractivity contribution in [2.45, 2.75) is 50.2 Å². The summed E-state index contributed by atoms with van der Waals surface area (Å²) in [5, 5.41) is 12.7. The average Bonchev–Trinajstić information content (AvgIpc) is 2.39.